The van der Waals surface area contributed by atoms with Crippen molar-refractivity contribution in [1.82, 2.24) is 0 Å². The number of hydrogen-bond donors (Lipinski definition) is 2. The van der Waals surface area contributed by atoms with Crippen LogP contribution >= 0.6 is 11.3 Å². The fraction of sp³-hybridized carbons (Fsp3) is 0.429. The molecule has 0 radical (unpaired) electrons. The Hall–Kier alpha value is -1.74. The summed E-state index contributed by atoms with van der Waals surface area (Å²) >= 11 is 1.13. The lowest BCUT2D eigenvalue weighted by Gasteiger charge is -2.21. The molecule has 0 aromatic carbocycles. The van der Waals surface area contributed by atoms with Crippen molar-refractivity contribution in [2.75, 3.05) is 25.6 Å². The van der Waals surface area contributed by atoms with Crippen molar-refractivity contribution in [1.29, 1.82) is 0 Å². The highest BCUT2D eigenvalue weighted by molar-refractivity contribution is 7.12. The van der Waals surface area contributed by atoms with Gasteiger partial charge in [-0.25, -0.2) is 4.79 Å². The van der Waals surface area contributed by atoms with E-state index in [1.165, 1.54) is 13.2 Å². The maximum atomic E-state index is 12.2. The highest BCUT2D eigenvalue weighted by atomic mass is 32.1. The van der Waals surface area contributed by atoms with Gasteiger partial charge in [0.2, 0.25) is 0 Å². The number of esters is 1. The number of methoxy groups -OCH3 is 1. The molecule has 0 bridgehead atoms. The fourth-order valence-corrected chi connectivity index (χ4v) is 2.35. The number of nitrogens with one attached hydrogen (secondary N) is 1. The van der Waals surface area contributed by atoms with E-state index >= 15 is 0 Å². The third-order valence-corrected chi connectivity index (χ3v) is 3.44. The molecule has 1 amide bonds. The molecule has 7 nitrogen and oxygen atoms in total. The molecule has 1 aromatic rings. The van der Waals surface area contributed by atoms with Gasteiger partial charge in [0, 0.05) is 6.61 Å². The van der Waals surface area contributed by atoms with E-state index in [1.54, 1.807) is 18.4 Å². The predicted octanol–water partition coefficient (Wildman–Crippen LogP) is 1.40. The lowest BCUT2D eigenvalue weighted by molar-refractivity contribution is -0.179. The fourth-order valence-electron chi connectivity index (χ4n) is 1.58. The Morgan fingerprint density at radius 2 is 2.23 bits per heavy atom. The Kier molecular flexibility index (Phi) is 7.75. The second-order valence-corrected chi connectivity index (χ2v) is 4.95. The van der Waals surface area contributed by atoms with Crippen molar-refractivity contribution in [3.63, 3.8) is 0 Å². The number of carbonyl (C=O) groups excluding carboxylic acids is 2. The van der Waals surface area contributed by atoms with Crippen LogP contribution in [0, 0.1) is 0 Å². The van der Waals surface area contributed by atoms with Crippen molar-refractivity contribution in [2.24, 2.45) is 0 Å². The van der Waals surface area contributed by atoms with Gasteiger partial charge in [0.25, 0.3) is 5.91 Å². The second-order valence-electron chi connectivity index (χ2n) is 4.03. The Labute approximate surface area is 132 Å². The first-order chi connectivity index (χ1) is 10.5. The molecule has 0 saturated heterocycles. The lowest BCUT2D eigenvalue weighted by Crippen LogP contribution is -2.42. The van der Waals surface area contributed by atoms with Gasteiger partial charge in [-0.05, 0) is 18.4 Å². The number of rotatable bonds is 9. The highest BCUT2D eigenvalue weighted by Gasteiger charge is 2.29. The minimum Gasteiger partial charge on any atom is -0.465 e. The van der Waals surface area contributed by atoms with E-state index in [0.29, 0.717) is 0 Å². The third kappa shape index (κ3) is 4.92. The zero-order valence-electron chi connectivity index (χ0n) is 12.4. The average molecular weight is 329 g/mol. The van der Waals surface area contributed by atoms with E-state index in [4.69, 9.17) is 9.47 Å². The van der Waals surface area contributed by atoms with Crippen LogP contribution in [-0.4, -0.2) is 49.7 Å². The summed E-state index contributed by atoms with van der Waals surface area (Å²) in [4.78, 5) is 24.1. The van der Waals surface area contributed by atoms with Gasteiger partial charge < -0.3 is 24.6 Å². The number of hydrogen-bond acceptors (Lipinski definition) is 7. The van der Waals surface area contributed by atoms with Crippen LogP contribution < -0.4 is 5.32 Å². The van der Waals surface area contributed by atoms with E-state index in [-0.39, 0.29) is 23.8 Å². The molecular formula is C14H19NO6S. The molecule has 22 heavy (non-hydrogen) atoms. The highest BCUT2D eigenvalue weighted by Crippen LogP contribution is 2.23. The topological polar surface area (TPSA) is 94.1 Å². The molecule has 0 fully saturated rings. The van der Waals surface area contributed by atoms with Gasteiger partial charge in [-0.1, -0.05) is 6.08 Å². The van der Waals surface area contributed by atoms with E-state index in [0.717, 1.165) is 11.3 Å². The standard InChI is InChI=1S/C14H19NO6S/c1-4-7-21-10(13(17)20-5-2)12(16)15-9-6-8-22-11(9)14(18)19-3/h4,6,8,10,13,17H,1,5,7H2,2-3H3,(H,15,16). The number of aliphatic hydroxyl groups excluding tert-OH is 1. The van der Waals surface area contributed by atoms with Crippen LogP contribution in [0.2, 0.25) is 0 Å². The zero-order valence-corrected chi connectivity index (χ0v) is 13.2. The Balaban J connectivity index is 2.84. The molecular weight excluding hydrogens is 310 g/mol. The minimum absolute atomic E-state index is 0.0652. The number of carbonyl (C=O) groups is 2. The van der Waals surface area contributed by atoms with Gasteiger partial charge in [0.15, 0.2) is 12.4 Å². The van der Waals surface area contributed by atoms with E-state index in [1.807, 2.05) is 0 Å². The molecule has 0 spiro atoms. The summed E-state index contributed by atoms with van der Waals surface area (Å²) in [6, 6.07) is 1.56. The summed E-state index contributed by atoms with van der Waals surface area (Å²) in [6.45, 7) is 5.44. The molecule has 2 N–H and O–H groups in total. The number of ether oxygens (including phenoxy) is 3. The summed E-state index contributed by atoms with van der Waals surface area (Å²) < 4.78 is 14.8. The van der Waals surface area contributed by atoms with Crippen LogP contribution in [0.3, 0.4) is 0 Å². The third-order valence-electron chi connectivity index (χ3n) is 2.54. The summed E-state index contributed by atoms with van der Waals surface area (Å²) in [7, 11) is 1.25. The molecule has 122 valence electrons. The Morgan fingerprint density at radius 3 is 2.82 bits per heavy atom. The van der Waals surface area contributed by atoms with Crippen molar-refractivity contribution in [2.45, 2.75) is 19.3 Å². The molecule has 0 aliphatic carbocycles. The van der Waals surface area contributed by atoms with Gasteiger partial charge >= 0.3 is 5.97 Å². The smallest absolute Gasteiger partial charge is 0.350 e. The molecule has 2 atom stereocenters. The normalized spacial score (nSPS) is 13.2. The van der Waals surface area contributed by atoms with Gasteiger partial charge in [-0.3, -0.25) is 4.79 Å². The second kappa shape index (κ2) is 9.31. The van der Waals surface area contributed by atoms with E-state index in [9.17, 15) is 14.7 Å². The van der Waals surface area contributed by atoms with Gasteiger partial charge in [-0.2, -0.15) is 0 Å². The maximum absolute atomic E-state index is 12.2. The monoisotopic (exact) mass is 329 g/mol. The van der Waals surface area contributed by atoms with E-state index in [2.05, 4.69) is 16.6 Å². The summed E-state index contributed by atoms with van der Waals surface area (Å²) in [5.74, 6) is -1.19. The molecule has 2 unspecified atom stereocenters. The van der Waals surface area contributed by atoms with Crippen molar-refractivity contribution < 1.29 is 28.9 Å². The number of thiophene rings is 1. The van der Waals surface area contributed by atoms with Crippen LogP contribution in [0.15, 0.2) is 24.1 Å². The molecule has 0 aliphatic heterocycles. The lowest BCUT2D eigenvalue weighted by atomic mass is 10.3. The largest absolute Gasteiger partial charge is 0.465 e. The Bertz CT molecular complexity index is 515. The van der Waals surface area contributed by atoms with E-state index < -0.39 is 24.3 Å². The summed E-state index contributed by atoms with van der Waals surface area (Å²) in [5.41, 5.74) is 0.290. The van der Waals surface area contributed by atoms with Gasteiger partial charge in [-0.15, -0.1) is 17.9 Å². The SMILES string of the molecule is C=CCOC(C(=O)Nc1ccsc1C(=O)OC)C(O)OCC. The molecule has 0 aliphatic rings. The van der Waals surface area contributed by atoms with Crippen LogP contribution in [-0.2, 0) is 19.0 Å². The summed E-state index contributed by atoms with van der Waals surface area (Å²) in [5, 5.41) is 14.0. The molecule has 1 rings (SSSR count). The quantitative estimate of drug-likeness (QED) is 0.404. The first kappa shape index (κ1) is 18.3. The van der Waals surface area contributed by atoms with Gasteiger partial charge in [0.05, 0.1) is 19.4 Å². The molecule has 8 heteroatoms. The zero-order chi connectivity index (χ0) is 16.5. The predicted molar refractivity (Wildman–Crippen MR) is 81.9 cm³/mol. The first-order valence-electron chi connectivity index (χ1n) is 6.54. The number of aliphatic hydroxyl groups is 1. The van der Waals surface area contributed by atoms with Crippen LogP contribution in [0.1, 0.15) is 16.6 Å². The minimum atomic E-state index is -1.43. The maximum Gasteiger partial charge on any atom is 0.350 e. The number of anilines is 1. The van der Waals surface area contributed by atoms with Crippen LogP contribution in [0.4, 0.5) is 5.69 Å². The average Bonchev–Trinajstić information content (AvgIpc) is 2.95. The van der Waals surface area contributed by atoms with Crippen molar-refractivity contribution in [3.8, 4) is 0 Å². The first-order valence-corrected chi connectivity index (χ1v) is 7.41. The molecule has 1 heterocycles. The summed E-state index contributed by atoms with van der Waals surface area (Å²) in [6.07, 6.45) is -1.22. The Morgan fingerprint density at radius 1 is 1.50 bits per heavy atom. The number of amides is 1. The molecule has 1 aromatic heterocycles. The van der Waals surface area contributed by atoms with Gasteiger partial charge in [0.1, 0.15) is 4.88 Å². The van der Waals surface area contributed by atoms with Crippen LogP contribution in [0.5, 0.6) is 0 Å². The van der Waals surface area contributed by atoms with Crippen LogP contribution in [0.25, 0.3) is 0 Å². The van der Waals surface area contributed by atoms with Crippen molar-refractivity contribution in [3.05, 3.63) is 29.0 Å². The molecule has 0 saturated carbocycles. The van der Waals surface area contributed by atoms with Crippen molar-refractivity contribution >= 4 is 28.9 Å².